The third kappa shape index (κ3) is 2.96. The van der Waals surface area contributed by atoms with Crippen molar-refractivity contribution in [3.05, 3.63) is 58.6 Å². The number of anilines is 1. The smallest absolute Gasteiger partial charge is 0.139 e. The van der Waals surface area contributed by atoms with Crippen molar-refractivity contribution < 1.29 is 9.13 Å². The molecule has 1 N–H and O–H groups in total. The molecule has 1 aliphatic carbocycles. The van der Waals surface area contributed by atoms with Gasteiger partial charge in [-0.3, -0.25) is 0 Å². The van der Waals surface area contributed by atoms with Crippen LogP contribution in [0.5, 0.6) is 5.75 Å². The zero-order valence-electron chi connectivity index (χ0n) is 14.7. The molecule has 1 atom stereocenters. The van der Waals surface area contributed by atoms with Crippen molar-refractivity contribution in [1.82, 2.24) is 9.97 Å². The first-order chi connectivity index (χ1) is 13.1. The van der Waals surface area contributed by atoms with Gasteiger partial charge in [0.25, 0.3) is 0 Å². The molecule has 0 radical (unpaired) electrons. The first kappa shape index (κ1) is 16.9. The van der Waals surface area contributed by atoms with Crippen LogP contribution in [-0.2, 0) is 0 Å². The number of hydrogen-bond acceptors (Lipinski definition) is 4. The fourth-order valence-corrected chi connectivity index (χ4v) is 4.75. The summed E-state index contributed by atoms with van der Waals surface area (Å²) in [6.45, 7) is 0. The Labute approximate surface area is 165 Å². The first-order valence-corrected chi connectivity index (χ1v) is 10.1. The molecule has 2 heterocycles. The summed E-state index contributed by atoms with van der Waals surface area (Å²) in [6, 6.07) is 11.5. The lowest BCUT2D eigenvalue weighted by molar-refractivity contribution is 0.0453. The molecule has 4 nitrogen and oxygen atoms in total. The van der Waals surface area contributed by atoms with E-state index in [0.717, 1.165) is 41.8 Å². The Kier molecular flexibility index (Phi) is 4.04. The lowest BCUT2D eigenvalue weighted by Gasteiger charge is -2.40. The quantitative estimate of drug-likeness (QED) is 0.562. The van der Waals surface area contributed by atoms with E-state index in [4.69, 9.17) is 4.74 Å². The molecule has 1 fully saturated rings. The summed E-state index contributed by atoms with van der Waals surface area (Å²) in [5.41, 5.74) is 1.63. The van der Waals surface area contributed by atoms with Crippen molar-refractivity contribution in [2.24, 2.45) is 0 Å². The van der Waals surface area contributed by atoms with Crippen LogP contribution in [-0.4, -0.2) is 15.6 Å². The number of nitrogens with one attached hydrogen (secondary N) is 1. The van der Waals surface area contributed by atoms with E-state index in [1.54, 1.807) is 6.07 Å². The molecule has 6 heteroatoms. The highest BCUT2D eigenvalue weighted by atomic mass is 79.9. The predicted molar refractivity (Wildman–Crippen MR) is 106 cm³/mol. The summed E-state index contributed by atoms with van der Waals surface area (Å²) in [5, 5.41) is 4.40. The molecule has 138 valence electrons. The van der Waals surface area contributed by atoms with Gasteiger partial charge in [0.15, 0.2) is 0 Å². The zero-order chi connectivity index (χ0) is 18.4. The first-order valence-electron chi connectivity index (χ1n) is 9.28. The van der Waals surface area contributed by atoms with E-state index < -0.39 is 0 Å². The van der Waals surface area contributed by atoms with Gasteiger partial charge in [0.2, 0.25) is 0 Å². The maximum absolute atomic E-state index is 13.9. The lowest BCUT2D eigenvalue weighted by Crippen LogP contribution is -2.40. The Hall–Kier alpha value is -2.21. The molecule has 5 rings (SSSR count). The standard InChI is InChI=1S/C21H19BrFN3O/c22-15-9-14-17(10-16(15)23)24-12-25-20(14)26-18-11-21(7-3-4-8-21)27-19-6-2-1-5-13(18)19/h1-2,5-6,9-10,12,18H,3-4,7-8,11H2,(H,24,25,26). The van der Waals surface area contributed by atoms with Crippen molar-refractivity contribution in [2.75, 3.05) is 5.32 Å². The highest BCUT2D eigenvalue weighted by molar-refractivity contribution is 9.10. The van der Waals surface area contributed by atoms with Crippen molar-refractivity contribution in [2.45, 2.75) is 43.7 Å². The van der Waals surface area contributed by atoms with E-state index in [-0.39, 0.29) is 17.5 Å². The number of halogens is 2. The summed E-state index contributed by atoms with van der Waals surface area (Å²) < 4.78 is 20.7. The molecule has 1 aliphatic heterocycles. The van der Waals surface area contributed by atoms with Gasteiger partial charge in [-0.05, 0) is 53.7 Å². The van der Waals surface area contributed by atoms with Gasteiger partial charge in [-0.1, -0.05) is 18.2 Å². The van der Waals surface area contributed by atoms with Crippen LogP contribution in [0.2, 0.25) is 0 Å². The highest BCUT2D eigenvalue weighted by Gasteiger charge is 2.43. The molecule has 1 saturated carbocycles. The molecule has 1 aromatic heterocycles. The minimum absolute atomic E-state index is 0.0926. The van der Waals surface area contributed by atoms with E-state index in [0.29, 0.717) is 9.99 Å². The Morgan fingerprint density at radius 1 is 1.15 bits per heavy atom. The normalized spacial score (nSPS) is 20.4. The summed E-state index contributed by atoms with van der Waals surface area (Å²) in [7, 11) is 0. The maximum Gasteiger partial charge on any atom is 0.139 e. The van der Waals surface area contributed by atoms with Crippen molar-refractivity contribution in [3.63, 3.8) is 0 Å². The topological polar surface area (TPSA) is 47.0 Å². The van der Waals surface area contributed by atoms with Crippen LogP contribution >= 0.6 is 15.9 Å². The number of fused-ring (bicyclic) bond motifs is 2. The molecule has 2 aliphatic rings. The van der Waals surface area contributed by atoms with E-state index in [2.05, 4.69) is 37.3 Å². The zero-order valence-corrected chi connectivity index (χ0v) is 16.3. The minimum Gasteiger partial charge on any atom is -0.487 e. The predicted octanol–water partition coefficient (Wildman–Crippen LogP) is 5.78. The third-order valence-electron chi connectivity index (χ3n) is 5.70. The average Bonchev–Trinajstić information content (AvgIpc) is 3.11. The van der Waals surface area contributed by atoms with Gasteiger partial charge in [0, 0.05) is 23.4 Å². The molecule has 27 heavy (non-hydrogen) atoms. The Morgan fingerprint density at radius 3 is 2.81 bits per heavy atom. The van der Waals surface area contributed by atoms with Crippen molar-refractivity contribution in [3.8, 4) is 5.75 Å². The second-order valence-electron chi connectivity index (χ2n) is 7.44. The van der Waals surface area contributed by atoms with Crippen LogP contribution in [0, 0.1) is 5.82 Å². The molecule has 3 aromatic rings. The molecule has 0 amide bonds. The Morgan fingerprint density at radius 2 is 1.96 bits per heavy atom. The van der Waals surface area contributed by atoms with Crippen LogP contribution in [0.3, 0.4) is 0 Å². The number of para-hydroxylation sites is 1. The number of nitrogens with zero attached hydrogens (tertiary/aromatic N) is 2. The fraction of sp³-hybridized carbons (Fsp3) is 0.333. The van der Waals surface area contributed by atoms with E-state index in [9.17, 15) is 4.39 Å². The monoisotopic (exact) mass is 427 g/mol. The molecule has 2 aromatic carbocycles. The van der Waals surface area contributed by atoms with Gasteiger partial charge in [-0.15, -0.1) is 0 Å². The van der Waals surface area contributed by atoms with Crippen molar-refractivity contribution >= 4 is 32.7 Å². The van der Waals surface area contributed by atoms with Gasteiger partial charge < -0.3 is 10.1 Å². The van der Waals surface area contributed by atoms with Crippen LogP contribution in [0.25, 0.3) is 10.9 Å². The van der Waals surface area contributed by atoms with Gasteiger partial charge in [0.05, 0.1) is 16.0 Å². The minimum atomic E-state index is -0.325. The number of ether oxygens (including phenoxy) is 1. The number of hydrogen-bond donors (Lipinski definition) is 1. The number of rotatable bonds is 2. The SMILES string of the molecule is Fc1cc2ncnc(NC3CC4(CCCC4)Oc4ccccc43)c2cc1Br. The average molecular weight is 428 g/mol. The second kappa shape index (κ2) is 6.44. The number of aromatic nitrogens is 2. The fourth-order valence-electron chi connectivity index (χ4n) is 4.40. The molecule has 0 saturated heterocycles. The van der Waals surface area contributed by atoms with E-state index >= 15 is 0 Å². The van der Waals surface area contributed by atoms with Crippen LogP contribution in [0.4, 0.5) is 10.2 Å². The van der Waals surface area contributed by atoms with Gasteiger partial charge in [-0.2, -0.15) is 0 Å². The van der Waals surface area contributed by atoms with Crippen LogP contribution in [0.15, 0.2) is 47.2 Å². The van der Waals surface area contributed by atoms with Crippen molar-refractivity contribution in [1.29, 1.82) is 0 Å². The summed E-state index contributed by atoms with van der Waals surface area (Å²) in [5.74, 6) is 1.35. The summed E-state index contributed by atoms with van der Waals surface area (Å²) in [4.78, 5) is 8.67. The maximum atomic E-state index is 13.9. The van der Waals surface area contributed by atoms with E-state index in [1.165, 1.54) is 25.2 Å². The van der Waals surface area contributed by atoms with Crippen LogP contribution in [0.1, 0.15) is 43.7 Å². The molecular weight excluding hydrogens is 409 g/mol. The lowest BCUT2D eigenvalue weighted by atomic mass is 9.86. The molecule has 1 spiro atoms. The van der Waals surface area contributed by atoms with Gasteiger partial charge in [0.1, 0.15) is 29.3 Å². The second-order valence-corrected chi connectivity index (χ2v) is 8.29. The number of benzene rings is 2. The summed E-state index contributed by atoms with van der Waals surface area (Å²) >= 11 is 3.27. The van der Waals surface area contributed by atoms with Gasteiger partial charge in [-0.25, -0.2) is 14.4 Å². The highest BCUT2D eigenvalue weighted by Crippen LogP contribution is 2.48. The summed E-state index contributed by atoms with van der Waals surface area (Å²) in [6.07, 6.45) is 6.96. The molecular formula is C21H19BrFN3O. The van der Waals surface area contributed by atoms with E-state index in [1.807, 2.05) is 18.2 Å². The van der Waals surface area contributed by atoms with Gasteiger partial charge >= 0.3 is 0 Å². The van der Waals surface area contributed by atoms with Crippen LogP contribution < -0.4 is 10.1 Å². The molecule has 1 unspecified atom stereocenters. The Bertz CT molecular complexity index is 1020. The largest absolute Gasteiger partial charge is 0.487 e. The molecule has 0 bridgehead atoms. The Balaban J connectivity index is 1.57. The third-order valence-corrected chi connectivity index (χ3v) is 6.31.